The maximum Gasteiger partial charge on any atom is 0.310 e. The Morgan fingerprint density at radius 1 is 1.44 bits per heavy atom. The summed E-state index contributed by atoms with van der Waals surface area (Å²) in [4.78, 5) is 11.0. The third-order valence-corrected chi connectivity index (χ3v) is 4.06. The molecule has 16 heavy (non-hydrogen) atoms. The average Bonchev–Trinajstić information content (AvgIpc) is 1.97. The molecule has 1 rings (SSSR count). The highest BCUT2D eigenvalue weighted by Gasteiger charge is 2.44. The van der Waals surface area contributed by atoms with Crippen LogP contribution in [0.25, 0.3) is 0 Å². The van der Waals surface area contributed by atoms with Crippen LogP contribution in [0.5, 0.6) is 0 Å². The summed E-state index contributed by atoms with van der Waals surface area (Å²) in [6, 6.07) is -0.209. The maximum atomic E-state index is 11.4. The monoisotopic (exact) mass is 250 g/mol. The molecule has 1 fully saturated rings. The SMILES string of the molecule is CC(C)NS(=O)(=O)NCC1(C(=O)O)CCC1. The van der Waals surface area contributed by atoms with Crippen LogP contribution in [0.4, 0.5) is 0 Å². The lowest BCUT2D eigenvalue weighted by Gasteiger charge is -2.37. The van der Waals surface area contributed by atoms with E-state index in [4.69, 9.17) is 5.11 Å². The van der Waals surface area contributed by atoms with Crippen LogP contribution in [-0.4, -0.2) is 32.1 Å². The molecule has 0 heterocycles. The van der Waals surface area contributed by atoms with Crippen LogP contribution >= 0.6 is 0 Å². The third-order valence-electron chi connectivity index (χ3n) is 2.76. The van der Waals surface area contributed by atoms with Gasteiger partial charge in [0.15, 0.2) is 0 Å². The molecule has 0 unspecified atom stereocenters. The van der Waals surface area contributed by atoms with Gasteiger partial charge in [0.05, 0.1) is 5.41 Å². The Hall–Kier alpha value is -0.660. The molecule has 94 valence electrons. The molecule has 1 saturated carbocycles. The topological polar surface area (TPSA) is 95.5 Å². The van der Waals surface area contributed by atoms with Crippen molar-refractivity contribution in [2.24, 2.45) is 5.41 Å². The van der Waals surface area contributed by atoms with E-state index >= 15 is 0 Å². The quantitative estimate of drug-likeness (QED) is 0.622. The molecule has 0 aromatic heterocycles. The largest absolute Gasteiger partial charge is 0.481 e. The van der Waals surface area contributed by atoms with Gasteiger partial charge < -0.3 is 5.11 Å². The molecule has 7 heteroatoms. The number of aliphatic carboxylic acids is 1. The van der Waals surface area contributed by atoms with Crippen LogP contribution < -0.4 is 9.44 Å². The number of hydrogen-bond donors (Lipinski definition) is 3. The van der Waals surface area contributed by atoms with Gasteiger partial charge in [0.25, 0.3) is 10.2 Å². The fourth-order valence-corrected chi connectivity index (χ4v) is 2.83. The third kappa shape index (κ3) is 3.16. The molecule has 0 atom stereocenters. The van der Waals surface area contributed by atoms with Gasteiger partial charge in [0.2, 0.25) is 0 Å². The van der Waals surface area contributed by atoms with Gasteiger partial charge in [0, 0.05) is 12.6 Å². The van der Waals surface area contributed by atoms with Crippen molar-refractivity contribution in [3.63, 3.8) is 0 Å². The summed E-state index contributed by atoms with van der Waals surface area (Å²) in [6.45, 7) is 3.37. The van der Waals surface area contributed by atoms with Gasteiger partial charge in [-0.25, -0.2) is 4.72 Å². The van der Waals surface area contributed by atoms with Crippen LogP contribution in [0, 0.1) is 5.41 Å². The molecule has 0 spiro atoms. The molecule has 0 aliphatic heterocycles. The number of hydrogen-bond acceptors (Lipinski definition) is 3. The van der Waals surface area contributed by atoms with Crippen LogP contribution in [0.2, 0.25) is 0 Å². The van der Waals surface area contributed by atoms with Crippen LogP contribution in [0.3, 0.4) is 0 Å². The van der Waals surface area contributed by atoms with Gasteiger partial charge in [-0.2, -0.15) is 13.1 Å². The number of carboxylic acid groups (broad SMARTS) is 1. The molecule has 3 N–H and O–H groups in total. The zero-order chi connectivity index (χ0) is 12.4. The Morgan fingerprint density at radius 2 is 2.00 bits per heavy atom. The van der Waals surface area contributed by atoms with Crippen LogP contribution in [0.15, 0.2) is 0 Å². The molecular formula is C9H18N2O4S. The smallest absolute Gasteiger partial charge is 0.310 e. The summed E-state index contributed by atoms with van der Waals surface area (Å²) in [5, 5.41) is 9.01. The first kappa shape index (κ1) is 13.4. The summed E-state index contributed by atoms with van der Waals surface area (Å²) >= 11 is 0. The maximum absolute atomic E-state index is 11.4. The summed E-state index contributed by atoms with van der Waals surface area (Å²) in [5.74, 6) is -0.925. The Kier molecular flexibility index (Phi) is 3.92. The molecule has 0 amide bonds. The van der Waals surface area contributed by atoms with Crippen molar-refractivity contribution in [3.8, 4) is 0 Å². The molecule has 1 aliphatic carbocycles. The first-order valence-electron chi connectivity index (χ1n) is 5.28. The Balaban J connectivity index is 2.53. The summed E-state index contributed by atoms with van der Waals surface area (Å²) in [5.41, 5.74) is -0.897. The minimum absolute atomic E-state index is 0.0373. The Morgan fingerprint density at radius 3 is 2.31 bits per heavy atom. The van der Waals surface area contributed by atoms with E-state index in [1.807, 2.05) is 0 Å². The van der Waals surface area contributed by atoms with Crippen molar-refractivity contribution in [2.75, 3.05) is 6.54 Å². The van der Waals surface area contributed by atoms with Crippen molar-refractivity contribution < 1.29 is 18.3 Å². The zero-order valence-corrected chi connectivity index (χ0v) is 10.3. The lowest BCUT2D eigenvalue weighted by atomic mass is 9.69. The van der Waals surface area contributed by atoms with E-state index in [0.29, 0.717) is 12.8 Å². The normalized spacial score (nSPS) is 19.4. The lowest BCUT2D eigenvalue weighted by Crippen LogP contribution is -2.50. The van der Waals surface area contributed by atoms with Crippen molar-refractivity contribution in [1.82, 2.24) is 9.44 Å². The van der Waals surface area contributed by atoms with Crippen LogP contribution in [0.1, 0.15) is 33.1 Å². The first-order valence-corrected chi connectivity index (χ1v) is 6.76. The van der Waals surface area contributed by atoms with Crippen molar-refractivity contribution in [1.29, 1.82) is 0 Å². The molecule has 0 bridgehead atoms. The Bertz CT molecular complexity index is 360. The van der Waals surface area contributed by atoms with E-state index in [1.165, 1.54) is 0 Å². The lowest BCUT2D eigenvalue weighted by molar-refractivity contribution is -0.153. The predicted molar refractivity (Wildman–Crippen MR) is 59.1 cm³/mol. The van der Waals surface area contributed by atoms with Crippen molar-refractivity contribution in [2.45, 2.75) is 39.2 Å². The van der Waals surface area contributed by atoms with E-state index in [1.54, 1.807) is 13.8 Å². The van der Waals surface area contributed by atoms with E-state index < -0.39 is 21.6 Å². The molecular weight excluding hydrogens is 232 g/mol. The van der Waals surface area contributed by atoms with Gasteiger partial charge in [-0.3, -0.25) is 4.79 Å². The number of carboxylic acids is 1. The fourth-order valence-electron chi connectivity index (χ4n) is 1.65. The van der Waals surface area contributed by atoms with Crippen molar-refractivity contribution in [3.05, 3.63) is 0 Å². The fraction of sp³-hybridized carbons (Fsp3) is 0.889. The number of carbonyl (C=O) groups is 1. The second-order valence-electron chi connectivity index (χ2n) is 4.54. The highest BCUT2D eigenvalue weighted by atomic mass is 32.2. The molecule has 0 aromatic carbocycles. The highest BCUT2D eigenvalue weighted by molar-refractivity contribution is 7.87. The molecule has 0 radical (unpaired) electrons. The Labute approximate surface area is 95.6 Å². The second-order valence-corrected chi connectivity index (χ2v) is 6.07. The van der Waals surface area contributed by atoms with Gasteiger partial charge in [-0.05, 0) is 26.7 Å². The molecule has 0 saturated heterocycles. The van der Waals surface area contributed by atoms with Gasteiger partial charge in [-0.1, -0.05) is 6.42 Å². The second kappa shape index (κ2) is 4.68. The molecule has 1 aliphatic rings. The minimum Gasteiger partial charge on any atom is -0.481 e. The predicted octanol–water partition coefficient (Wildman–Crippen LogP) is 0.0737. The first-order chi connectivity index (χ1) is 7.27. The van der Waals surface area contributed by atoms with Gasteiger partial charge in [-0.15, -0.1) is 0 Å². The minimum atomic E-state index is -3.59. The highest BCUT2D eigenvalue weighted by Crippen LogP contribution is 2.40. The zero-order valence-electron chi connectivity index (χ0n) is 9.49. The number of nitrogens with one attached hydrogen (secondary N) is 2. The molecule has 6 nitrogen and oxygen atoms in total. The molecule has 0 aromatic rings. The number of rotatable bonds is 6. The average molecular weight is 250 g/mol. The van der Waals surface area contributed by atoms with Gasteiger partial charge >= 0.3 is 5.97 Å². The van der Waals surface area contributed by atoms with E-state index in [2.05, 4.69) is 9.44 Å². The van der Waals surface area contributed by atoms with E-state index in [9.17, 15) is 13.2 Å². The van der Waals surface area contributed by atoms with Crippen molar-refractivity contribution >= 4 is 16.2 Å². The van der Waals surface area contributed by atoms with E-state index in [0.717, 1.165) is 6.42 Å². The summed E-state index contributed by atoms with van der Waals surface area (Å²) in [7, 11) is -3.59. The summed E-state index contributed by atoms with van der Waals surface area (Å²) < 4.78 is 27.5. The van der Waals surface area contributed by atoms with Gasteiger partial charge in [0.1, 0.15) is 0 Å². The standard InChI is InChI=1S/C9H18N2O4S/c1-7(2)11-16(14,15)10-6-9(8(12)13)4-3-5-9/h7,10-11H,3-6H2,1-2H3,(H,12,13). The summed E-state index contributed by atoms with van der Waals surface area (Å²) in [6.07, 6.45) is 1.91. The van der Waals surface area contributed by atoms with E-state index in [-0.39, 0.29) is 12.6 Å². The van der Waals surface area contributed by atoms with Crippen LogP contribution in [-0.2, 0) is 15.0 Å².